The molecule has 0 bridgehead atoms. The summed E-state index contributed by atoms with van der Waals surface area (Å²) >= 11 is 3.73. The number of piperazine rings is 1. The molecule has 180 valence electrons. The molecule has 3 aromatic rings. The van der Waals surface area contributed by atoms with Crippen molar-refractivity contribution in [1.82, 2.24) is 9.80 Å². The second kappa shape index (κ2) is 12.2. The van der Waals surface area contributed by atoms with E-state index in [-0.39, 0.29) is 0 Å². The van der Waals surface area contributed by atoms with Crippen LogP contribution in [0.15, 0.2) is 77.3 Å². The third-order valence-electron chi connectivity index (χ3n) is 5.96. The third kappa shape index (κ3) is 7.23. The van der Waals surface area contributed by atoms with Crippen LogP contribution in [0.2, 0.25) is 0 Å². The summed E-state index contributed by atoms with van der Waals surface area (Å²) in [5.41, 5.74) is 2.49. The first-order valence-corrected chi connectivity index (χ1v) is 12.7. The summed E-state index contributed by atoms with van der Waals surface area (Å²) in [7, 11) is 4.18. The Kier molecular flexibility index (Phi) is 8.85. The van der Waals surface area contributed by atoms with Gasteiger partial charge in [0.1, 0.15) is 17.2 Å². The molecule has 4 rings (SSSR count). The number of rotatable bonds is 10. The van der Waals surface area contributed by atoms with Gasteiger partial charge in [0.25, 0.3) is 0 Å². The number of benzene rings is 3. The number of anilines is 1. The van der Waals surface area contributed by atoms with Crippen molar-refractivity contribution < 1.29 is 9.47 Å². The summed E-state index contributed by atoms with van der Waals surface area (Å²) in [5, 5.41) is 0. The van der Waals surface area contributed by atoms with Crippen molar-refractivity contribution >= 4 is 21.6 Å². The summed E-state index contributed by atoms with van der Waals surface area (Å²) in [6.45, 7) is 6.72. The van der Waals surface area contributed by atoms with Crippen LogP contribution in [0.25, 0.3) is 0 Å². The van der Waals surface area contributed by atoms with Crippen molar-refractivity contribution in [2.75, 3.05) is 58.3 Å². The Bertz CT molecular complexity index is 1040. The highest BCUT2D eigenvalue weighted by Gasteiger charge is 2.19. The van der Waals surface area contributed by atoms with Gasteiger partial charge in [0.15, 0.2) is 0 Å². The zero-order valence-corrected chi connectivity index (χ0v) is 21.7. The van der Waals surface area contributed by atoms with Gasteiger partial charge in [-0.25, -0.2) is 0 Å². The van der Waals surface area contributed by atoms with Crippen molar-refractivity contribution in [2.24, 2.45) is 0 Å². The van der Waals surface area contributed by atoms with Gasteiger partial charge in [0.05, 0.1) is 6.61 Å². The fourth-order valence-electron chi connectivity index (χ4n) is 4.11. The number of halogens is 1. The number of hydrogen-bond acceptors (Lipinski definition) is 5. The maximum Gasteiger partial charge on any atom is 0.129 e. The molecule has 6 heteroatoms. The average molecular weight is 525 g/mol. The van der Waals surface area contributed by atoms with Gasteiger partial charge in [0, 0.05) is 55.5 Å². The quantitative estimate of drug-likeness (QED) is 0.308. The molecule has 1 aliphatic rings. The first kappa shape index (κ1) is 24.6. The molecule has 0 saturated carbocycles. The Morgan fingerprint density at radius 3 is 2.35 bits per heavy atom. The van der Waals surface area contributed by atoms with Gasteiger partial charge in [-0.05, 0) is 68.5 Å². The third-order valence-corrected chi connectivity index (χ3v) is 6.74. The molecule has 0 unspecified atom stereocenters. The Morgan fingerprint density at radius 2 is 1.59 bits per heavy atom. The van der Waals surface area contributed by atoms with Crippen LogP contribution in [-0.4, -0.2) is 63.2 Å². The number of para-hydroxylation sites is 1. The van der Waals surface area contributed by atoms with Gasteiger partial charge in [-0.1, -0.05) is 40.2 Å². The fraction of sp³-hybridized carbons (Fsp3) is 0.357. The predicted octanol–water partition coefficient (Wildman–Crippen LogP) is 5.89. The standard InChI is InChI=1S/C28H34BrN3O2/c1-30(2)14-7-19-33-26-12-13-28(29)23(20-26)22-31-15-17-32(18-16-31)24-8-6-11-27(21-24)34-25-9-4-3-5-10-25/h3-6,8-13,20-21H,7,14-19,22H2,1-2H3. The first-order chi connectivity index (χ1) is 16.6. The highest BCUT2D eigenvalue weighted by molar-refractivity contribution is 9.10. The van der Waals surface area contributed by atoms with E-state index in [9.17, 15) is 0 Å². The Hall–Kier alpha value is -2.54. The lowest BCUT2D eigenvalue weighted by molar-refractivity contribution is 0.248. The molecule has 0 aromatic heterocycles. The summed E-state index contributed by atoms with van der Waals surface area (Å²) < 4.78 is 13.1. The minimum atomic E-state index is 0.741. The number of hydrogen-bond donors (Lipinski definition) is 0. The van der Waals surface area contributed by atoms with Crippen molar-refractivity contribution in [3.63, 3.8) is 0 Å². The van der Waals surface area contributed by atoms with Crippen LogP contribution in [0.4, 0.5) is 5.69 Å². The lowest BCUT2D eigenvalue weighted by atomic mass is 10.1. The van der Waals surface area contributed by atoms with Crippen LogP contribution in [0.3, 0.4) is 0 Å². The highest BCUT2D eigenvalue weighted by Crippen LogP contribution is 2.28. The van der Waals surface area contributed by atoms with Gasteiger partial charge in [-0.2, -0.15) is 0 Å². The monoisotopic (exact) mass is 523 g/mol. The minimum absolute atomic E-state index is 0.741. The molecule has 1 aliphatic heterocycles. The molecular weight excluding hydrogens is 490 g/mol. The second-order valence-electron chi connectivity index (χ2n) is 8.93. The van der Waals surface area contributed by atoms with E-state index in [4.69, 9.17) is 9.47 Å². The lowest BCUT2D eigenvalue weighted by Gasteiger charge is -2.36. The van der Waals surface area contributed by atoms with Gasteiger partial charge in [-0.3, -0.25) is 4.90 Å². The Balaban J connectivity index is 1.29. The van der Waals surface area contributed by atoms with Crippen LogP contribution >= 0.6 is 15.9 Å². The normalized spacial score (nSPS) is 14.4. The molecule has 1 fully saturated rings. The number of nitrogens with zero attached hydrogens (tertiary/aromatic N) is 3. The summed E-state index contributed by atoms with van der Waals surface area (Å²) in [6, 6.07) is 24.7. The predicted molar refractivity (Wildman–Crippen MR) is 143 cm³/mol. The van der Waals surface area contributed by atoms with E-state index in [0.29, 0.717) is 0 Å². The molecule has 0 N–H and O–H groups in total. The average Bonchev–Trinajstić information content (AvgIpc) is 2.85. The maximum atomic E-state index is 6.02. The van der Waals surface area contributed by atoms with E-state index >= 15 is 0 Å². The van der Waals surface area contributed by atoms with E-state index in [2.05, 4.69) is 75.1 Å². The largest absolute Gasteiger partial charge is 0.494 e. The minimum Gasteiger partial charge on any atom is -0.494 e. The molecule has 0 aliphatic carbocycles. The summed E-state index contributed by atoms with van der Waals surface area (Å²) in [6.07, 6.45) is 1.03. The van der Waals surface area contributed by atoms with Crippen molar-refractivity contribution in [3.05, 3.63) is 82.8 Å². The molecule has 3 aromatic carbocycles. The van der Waals surface area contributed by atoms with Crippen LogP contribution in [-0.2, 0) is 6.54 Å². The fourth-order valence-corrected chi connectivity index (χ4v) is 4.48. The zero-order chi connectivity index (χ0) is 23.8. The molecular formula is C28H34BrN3O2. The van der Waals surface area contributed by atoms with Crippen molar-refractivity contribution in [1.29, 1.82) is 0 Å². The van der Waals surface area contributed by atoms with Gasteiger partial charge in [-0.15, -0.1) is 0 Å². The molecule has 34 heavy (non-hydrogen) atoms. The molecule has 1 saturated heterocycles. The van der Waals surface area contributed by atoms with Crippen LogP contribution in [0.5, 0.6) is 17.2 Å². The number of ether oxygens (including phenoxy) is 2. The lowest BCUT2D eigenvalue weighted by Crippen LogP contribution is -2.46. The first-order valence-electron chi connectivity index (χ1n) is 11.9. The zero-order valence-electron chi connectivity index (χ0n) is 20.1. The summed E-state index contributed by atoms with van der Waals surface area (Å²) in [4.78, 5) is 7.13. The van der Waals surface area contributed by atoms with E-state index < -0.39 is 0 Å². The van der Waals surface area contributed by atoms with Crippen LogP contribution in [0, 0.1) is 0 Å². The molecule has 0 spiro atoms. The maximum absolute atomic E-state index is 6.02. The highest BCUT2D eigenvalue weighted by atomic mass is 79.9. The van der Waals surface area contributed by atoms with Gasteiger partial charge >= 0.3 is 0 Å². The van der Waals surface area contributed by atoms with E-state index in [0.717, 1.165) is 74.0 Å². The van der Waals surface area contributed by atoms with Crippen LogP contribution < -0.4 is 14.4 Å². The topological polar surface area (TPSA) is 28.2 Å². The molecule has 1 heterocycles. The van der Waals surface area contributed by atoms with Crippen molar-refractivity contribution in [2.45, 2.75) is 13.0 Å². The van der Waals surface area contributed by atoms with Crippen LogP contribution in [0.1, 0.15) is 12.0 Å². The van der Waals surface area contributed by atoms with Gasteiger partial charge < -0.3 is 19.3 Å². The van der Waals surface area contributed by atoms with E-state index in [1.54, 1.807) is 0 Å². The van der Waals surface area contributed by atoms with Gasteiger partial charge in [0.2, 0.25) is 0 Å². The van der Waals surface area contributed by atoms with E-state index in [1.165, 1.54) is 11.3 Å². The molecule has 0 radical (unpaired) electrons. The molecule has 0 atom stereocenters. The molecule has 0 amide bonds. The smallest absolute Gasteiger partial charge is 0.129 e. The Morgan fingerprint density at radius 1 is 0.824 bits per heavy atom. The SMILES string of the molecule is CN(C)CCCOc1ccc(Br)c(CN2CCN(c3cccc(Oc4ccccc4)c3)CC2)c1. The van der Waals surface area contributed by atoms with E-state index in [1.807, 2.05) is 42.5 Å². The molecule has 5 nitrogen and oxygen atoms in total. The second-order valence-corrected chi connectivity index (χ2v) is 9.79. The summed E-state index contributed by atoms with van der Waals surface area (Å²) in [5.74, 6) is 2.68. The Labute approximate surface area is 212 Å². The van der Waals surface area contributed by atoms with Crippen molar-refractivity contribution in [3.8, 4) is 17.2 Å².